The Morgan fingerprint density at radius 3 is 2.55 bits per heavy atom. The van der Waals surface area contributed by atoms with Gasteiger partial charge in [-0.25, -0.2) is 0 Å². The molecule has 1 aliphatic rings. The Morgan fingerprint density at radius 2 is 2.09 bits per heavy atom. The second-order valence-electron chi connectivity index (χ2n) is 3.35. The number of nitrogens with zero attached hydrogens (tertiary/aromatic N) is 1. The SMILES string of the molecule is N#CCCC1(C=O)CCCC1. The molecule has 2 nitrogen and oxygen atoms in total. The van der Waals surface area contributed by atoms with E-state index in [0.29, 0.717) is 6.42 Å². The first kappa shape index (κ1) is 8.26. The Morgan fingerprint density at radius 1 is 1.45 bits per heavy atom. The predicted molar refractivity (Wildman–Crippen MR) is 41.8 cm³/mol. The molecule has 0 spiro atoms. The molecular weight excluding hydrogens is 138 g/mol. The first-order valence-electron chi connectivity index (χ1n) is 4.16. The van der Waals surface area contributed by atoms with Crippen LogP contribution in [0, 0.1) is 16.7 Å². The molecule has 0 amide bonds. The fourth-order valence-corrected chi connectivity index (χ4v) is 1.81. The van der Waals surface area contributed by atoms with Gasteiger partial charge in [0, 0.05) is 11.8 Å². The van der Waals surface area contributed by atoms with E-state index in [1.54, 1.807) is 0 Å². The van der Waals surface area contributed by atoms with Gasteiger partial charge in [0.1, 0.15) is 6.29 Å². The van der Waals surface area contributed by atoms with Gasteiger partial charge in [-0.05, 0) is 19.3 Å². The van der Waals surface area contributed by atoms with Gasteiger partial charge in [-0.2, -0.15) is 5.26 Å². The molecule has 0 atom stereocenters. The number of carbonyl (C=O) groups is 1. The zero-order valence-corrected chi connectivity index (χ0v) is 6.68. The second-order valence-corrected chi connectivity index (χ2v) is 3.35. The summed E-state index contributed by atoms with van der Waals surface area (Å²) in [6.45, 7) is 0. The van der Waals surface area contributed by atoms with E-state index in [2.05, 4.69) is 6.07 Å². The number of nitriles is 1. The fraction of sp³-hybridized carbons (Fsp3) is 0.778. The van der Waals surface area contributed by atoms with Crippen molar-refractivity contribution < 1.29 is 4.79 Å². The molecule has 0 aromatic heterocycles. The average molecular weight is 151 g/mol. The number of hydrogen-bond acceptors (Lipinski definition) is 2. The molecule has 0 aliphatic heterocycles. The standard InChI is InChI=1S/C9H13NO/c10-7-3-6-9(8-11)4-1-2-5-9/h8H,1-6H2. The lowest BCUT2D eigenvalue weighted by atomic mass is 9.83. The number of aldehydes is 1. The molecule has 1 rings (SSSR count). The van der Waals surface area contributed by atoms with Gasteiger partial charge in [-0.15, -0.1) is 0 Å². The van der Waals surface area contributed by atoms with E-state index in [1.807, 2.05) is 0 Å². The maximum Gasteiger partial charge on any atom is 0.126 e. The molecule has 0 aromatic carbocycles. The van der Waals surface area contributed by atoms with Crippen molar-refractivity contribution in [3.05, 3.63) is 0 Å². The van der Waals surface area contributed by atoms with Gasteiger partial charge in [-0.1, -0.05) is 12.8 Å². The molecule has 1 fully saturated rings. The summed E-state index contributed by atoms with van der Waals surface area (Å²) in [5.74, 6) is 0. The van der Waals surface area contributed by atoms with Crippen LogP contribution >= 0.6 is 0 Å². The molecule has 2 heteroatoms. The Kier molecular flexibility index (Phi) is 2.64. The molecule has 0 N–H and O–H groups in total. The highest BCUT2D eigenvalue weighted by Gasteiger charge is 2.32. The van der Waals surface area contributed by atoms with Crippen LogP contribution in [0.15, 0.2) is 0 Å². The van der Waals surface area contributed by atoms with Gasteiger partial charge in [-0.3, -0.25) is 0 Å². The summed E-state index contributed by atoms with van der Waals surface area (Å²) in [6, 6.07) is 2.09. The van der Waals surface area contributed by atoms with Gasteiger partial charge < -0.3 is 4.79 Å². The van der Waals surface area contributed by atoms with Crippen molar-refractivity contribution in [3.63, 3.8) is 0 Å². The van der Waals surface area contributed by atoms with E-state index in [9.17, 15) is 4.79 Å². The normalized spacial score (nSPS) is 21.0. The molecule has 60 valence electrons. The molecule has 1 aliphatic carbocycles. The highest BCUT2D eigenvalue weighted by Crippen LogP contribution is 2.39. The minimum atomic E-state index is -0.115. The minimum Gasteiger partial charge on any atom is -0.303 e. The Balaban J connectivity index is 2.47. The third-order valence-corrected chi connectivity index (χ3v) is 2.58. The summed E-state index contributed by atoms with van der Waals surface area (Å²) >= 11 is 0. The van der Waals surface area contributed by atoms with E-state index in [4.69, 9.17) is 5.26 Å². The van der Waals surface area contributed by atoms with E-state index < -0.39 is 0 Å². The number of hydrogen-bond donors (Lipinski definition) is 0. The molecule has 0 radical (unpaired) electrons. The zero-order chi connectivity index (χ0) is 8.16. The van der Waals surface area contributed by atoms with Crippen molar-refractivity contribution in [3.8, 4) is 6.07 Å². The van der Waals surface area contributed by atoms with E-state index in [-0.39, 0.29) is 5.41 Å². The summed E-state index contributed by atoms with van der Waals surface area (Å²) < 4.78 is 0. The van der Waals surface area contributed by atoms with Gasteiger partial charge in [0.05, 0.1) is 6.07 Å². The monoisotopic (exact) mass is 151 g/mol. The van der Waals surface area contributed by atoms with Crippen LogP contribution in [0.3, 0.4) is 0 Å². The van der Waals surface area contributed by atoms with Crippen molar-refractivity contribution in [1.29, 1.82) is 5.26 Å². The predicted octanol–water partition coefficient (Wildman–Crippen LogP) is 2.05. The topological polar surface area (TPSA) is 40.9 Å². The van der Waals surface area contributed by atoms with Crippen molar-refractivity contribution >= 4 is 6.29 Å². The van der Waals surface area contributed by atoms with Gasteiger partial charge in [0.2, 0.25) is 0 Å². The highest BCUT2D eigenvalue weighted by atomic mass is 16.1. The van der Waals surface area contributed by atoms with Crippen LogP contribution in [0.4, 0.5) is 0 Å². The van der Waals surface area contributed by atoms with Crippen LogP contribution in [-0.4, -0.2) is 6.29 Å². The van der Waals surface area contributed by atoms with Crippen LogP contribution in [0.25, 0.3) is 0 Å². The molecule has 0 unspecified atom stereocenters. The van der Waals surface area contributed by atoms with Crippen molar-refractivity contribution in [1.82, 2.24) is 0 Å². The van der Waals surface area contributed by atoms with Gasteiger partial charge in [0.15, 0.2) is 0 Å². The molecule has 0 heterocycles. The van der Waals surface area contributed by atoms with Crippen molar-refractivity contribution in [2.45, 2.75) is 38.5 Å². The van der Waals surface area contributed by atoms with E-state index in [1.165, 1.54) is 0 Å². The van der Waals surface area contributed by atoms with E-state index >= 15 is 0 Å². The molecule has 1 saturated carbocycles. The van der Waals surface area contributed by atoms with Crippen LogP contribution < -0.4 is 0 Å². The summed E-state index contributed by atoms with van der Waals surface area (Å²) in [4.78, 5) is 10.7. The minimum absolute atomic E-state index is 0.115. The lowest BCUT2D eigenvalue weighted by molar-refractivity contribution is -0.116. The van der Waals surface area contributed by atoms with Crippen LogP contribution in [0.5, 0.6) is 0 Å². The second kappa shape index (κ2) is 3.52. The Labute approximate surface area is 67.2 Å². The Bertz CT molecular complexity index is 174. The van der Waals surface area contributed by atoms with Crippen LogP contribution in [-0.2, 0) is 4.79 Å². The molecule has 11 heavy (non-hydrogen) atoms. The summed E-state index contributed by atoms with van der Waals surface area (Å²) in [6.07, 6.45) is 6.67. The smallest absolute Gasteiger partial charge is 0.126 e. The van der Waals surface area contributed by atoms with Gasteiger partial charge >= 0.3 is 0 Å². The first-order chi connectivity index (χ1) is 5.33. The lowest BCUT2D eigenvalue weighted by Gasteiger charge is -2.19. The summed E-state index contributed by atoms with van der Waals surface area (Å²) in [5, 5.41) is 8.37. The molecule has 0 saturated heterocycles. The number of carbonyl (C=O) groups excluding carboxylic acids is 1. The third-order valence-electron chi connectivity index (χ3n) is 2.58. The fourth-order valence-electron chi connectivity index (χ4n) is 1.81. The largest absolute Gasteiger partial charge is 0.303 e. The lowest BCUT2D eigenvalue weighted by Crippen LogP contribution is -2.17. The van der Waals surface area contributed by atoms with Crippen LogP contribution in [0.1, 0.15) is 38.5 Å². The third kappa shape index (κ3) is 1.80. The van der Waals surface area contributed by atoms with Crippen molar-refractivity contribution in [2.24, 2.45) is 5.41 Å². The number of rotatable bonds is 3. The molecule has 0 bridgehead atoms. The average Bonchev–Trinajstić information content (AvgIpc) is 2.50. The Hall–Kier alpha value is -0.840. The van der Waals surface area contributed by atoms with Gasteiger partial charge in [0.25, 0.3) is 0 Å². The highest BCUT2D eigenvalue weighted by molar-refractivity contribution is 5.59. The van der Waals surface area contributed by atoms with Crippen LogP contribution in [0.2, 0.25) is 0 Å². The van der Waals surface area contributed by atoms with Crippen molar-refractivity contribution in [2.75, 3.05) is 0 Å². The zero-order valence-electron chi connectivity index (χ0n) is 6.68. The summed E-state index contributed by atoms with van der Waals surface area (Å²) in [7, 11) is 0. The quantitative estimate of drug-likeness (QED) is 0.579. The first-order valence-corrected chi connectivity index (χ1v) is 4.16. The van der Waals surface area contributed by atoms with E-state index in [0.717, 1.165) is 38.4 Å². The maximum absolute atomic E-state index is 10.7. The summed E-state index contributed by atoms with van der Waals surface area (Å²) in [5.41, 5.74) is -0.115. The molecule has 0 aromatic rings. The maximum atomic E-state index is 10.7. The molecular formula is C9H13NO.